The number of ether oxygens (including phenoxy) is 8. The molecule has 3 saturated heterocycles. The molecule has 0 unspecified atom stereocenters. The Kier molecular flexibility index (Phi) is 22.9. The van der Waals surface area contributed by atoms with Crippen LogP contribution in [0.2, 0.25) is 39.3 Å². The zero-order valence-corrected chi connectivity index (χ0v) is 51.3. The molecule has 1 aliphatic carbocycles. The minimum Gasteiger partial charge on any atom is -0.459 e. The van der Waals surface area contributed by atoms with E-state index >= 15 is 4.79 Å². The first-order valence-corrected chi connectivity index (χ1v) is 34.5. The van der Waals surface area contributed by atoms with Crippen molar-refractivity contribution in [2.45, 2.75) is 276 Å². The lowest BCUT2D eigenvalue weighted by molar-refractivity contribution is -0.317. The zero-order chi connectivity index (χ0) is 55.2. The SMILES string of the molecule is C=CCO[C@]1(C)C[C@H](C)/C(=N\OC2(OC(C)C)CCCCC2)[C@H](C)[C@@H](O)[C@](C)(O)[C@@H](CC)OC(=O)[C@H](C)[C@@H](O[C@H]2C[C@@](C)(OC)[C@@H](O[Si](C)(C)C)[C@H](C)O2)[C@H](C)[C@H]1O[C@@H]1O[C@H](C)C[C@H](N(C)C)[C@H]1O[Si](C)(C)C. The third kappa shape index (κ3) is 16.6. The third-order valence-electron chi connectivity index (χ3n) is 15.7. The summed E-state index contributed by atoms with van der Waals surface area (Å²) < 4.78 is 68.6. The summed E-state index contributed by atoms with van der Waals surface area (Å²) >= 11 is 0. The minimum atomic E-state index is -2.23. The second-order valence-electron chi connectivity index (χ2n) is 25.3. The fourth-order valence-corrected chi connectivity index (χ4v) is 14.2. The van der Waals surface area contributed by atoms with Crippen LogP contribution in [0.15, 0.2) is 17.8 Å². The molecule has 73 heavy (non-hydrogen) atoms. The lowest BCUT2D eigenvalue weighted by atomic mass is 9.73. The van der Waals surface area contributed by atoms with Gasteiger partial charge in [0, 0.05) is 50.2 Å². The summed E-state index contributed by atoms with van der Waals surface area (Å²) in [5, 5.41) is 30.0. The third-order valence-corrected chi connectivity index (χ3v) is 17.6. The fraction of sp³-hybridized carbons (Fsp3) is 0.927. The van der Waals surface area contributed by atoms with Crippen LogP contribution < -0.4 is 0 Å². The summed E-state index contributed by atoms with van der Waals surface area (Å²) in [6.07, 6.45) is -0.430. The predicted octanol–water partition coefficient (Wildman–Crippen LogP) is 9.60. The Labute approximate surface area is 443 Å². The molecular formula is C55H104N2O14Si2. The van der Waals surface area contributed by atoms with Crippen molar-refractivity contribution in [3.05, 3.63) is 12.7 Å². The molecule has 0 radical (unpaired) electrons. The number of hydrogen-bond donors (Lipinski definition) is 2. The van der Waals surface area contributed by atoms with Crippen LogP contribution in [0.4, 0.5) is 0 Å². The Balaban J connectivity index is 2.04. The quantitative estimate of drug-likeness (QED) is 0.0436. The number of aliphatic hydroxyl groups is 2. The maximum atomic E-state index is 15.0. The molecular weight excluding hydrogens is 969 g/mol. The fourth-order valence-electron chi connectivity index (χ4n) is 12.0. The van der Waals surface area contributed by atoms with Crippen LogP contribution in [0.5, 0.6) is 0 Å². The van der Waals surface area contributed by atoms with E-state index in [1.807, 2.05) is 62.3 Å². The highest BCUT2D eigenvalue weighted by molar-refractivity contribution is 6.70. The van der Waals surface area contributed by atoms with Crippen LogP contribution in [0, 0.1) is 23.7 Å². The molecule has 18 atom stereocenters. The lowest BCUT2D eigenvalue weighted by Crippen LogP contribution is -2.63. The number of cyclic esters (lactones) is 1. The van der Waals surface area contributed by atoms with Crippen molar-refractivity contribution >= 4 is 28.3 Å². The van der Waals surface area contributed by atoms with Crippen molar-refractivity contribution in [3.8, 4) is 0 Å². The number of likely N-dealkylation sites (N-methyl/N-ethyl adjacent to an activating group) is 1. The van der Waals surface area contributed by atoms with Gasteiger partial charge in [-0.3, -0.25) is 4.79 Å². The van der Waals surface area contributed by atoms with Gasteiger partial charge in [0.25, 0.3) is 0 Å². The highest BCUT2D eigenvalue weighted by Gasteiger charge is 2.55. The van der Waals surface area contributed by atoms with Gasteiger partial charge in [-0.2, -0.15) is 0 Å². The maximum absolute atomic E-state index is 15.0. The Morgan fingerprint density at radius 1 is 0.863 bits per heavy atom. The lowest BCUT2D eigenvalue weighted by Gasteiger charge is -2.52. The molecule has 0 aromatic rings. The van der Waals surface area contributed by atoms with E-state index in [0.717, 1.165) is 25.7 Å². The Morgan fingerprint density at radius 2 is 1.48 bits per heavy atom. The number of oxime groups is 1. The highest BCUT2D eigenvalue weighted by atomic mass is 28.4. The number of nitrogens with zero attached hydrogens (tertiary/aromatic N) is 2. The number of carbonyl (C=O) groups is 1. The van der Waals surface area contributed by atoms with Gasteiger partial charge in [-0.1, -0.05) is 45.3 Å². The zero-order valence-electron chi connectivity index (χ0n) is 49.3. The average Bonchev–Trinajstić information content (AvgIpc) is 3.28. The Hall–Kier alpha value is -1.37. The van der Waals surface area contributed by atoms with Crippen LogP contribution >= 0.6 is 0 Å². The molecule has 3 aliphatic heterocycles. The molecule has 0 amide bonds. The number of carbonyl (C=O) groups excluding carboxylic acids is 1. The van der Waals surface area contributed by atoms with E-state index in [2.05, 4.69) is 71.8 Å². The minimum absolute atomic E-state index is 0.0539. The van der Waals surface area contributed by atoms with Gasteiger partial charge < -0.3 is 66.7 Å². The highest BCUT2D eigenvalue weighted by Crippen LogP contribution is 2.44. The number of aliphatic hydroxyl groups excluding tert-OH is 1. The van der Waals surface area contributed by atoms with Gasteiger partial charge in [-0.25, -0.2) is 0 Å². The smallest absolute Gasteiger partial charge is 0.311 e. The summed E-state index contributed by atoms with van der Waals surface area (Å²) in [7, 11) is 1.49. The molecule has 18 heteroatoms. The first kappa shape index (κ1) is 64.2. The second-order valence-corrected chi connectivity index (χ2v) is 34.2. The van der Waals surface area contributed by atoms with Gasteiger partial charge in [-0.05, 0) is 141 Å². The molecule has 1 saturated carbocycles. The number of rotatable bonds is 18. The average molecular weight is 1070 g/mol. The number of esters is 1. The van der Waals surface area contributed by atoms with E-state index in [-0.39, 0.29) is 43.8 Å². The Morgan fingerprint density at radius 3 is 2.01 bits per heavy atom. The maximum Gasteiger partial charge on any atom is 0.311 e. The van der Waals surface area contributed by atoms with E-state index < -0.39 is 118 Å². The van der Waals surface area contributed by atoms with Crippen LogP contribution in [0.3, 0.4) is 0 Å². The summed E-state index contributed by atoms with van der Waals surface area (Å²) in [5.41, 5.74) is -3.49. The second kappa shape index (κ2) is 26.1. The monoisotopic (exact) mass is 1070 g/mol. The van der Waals surface area contributed by atoms with Gasteiger partial charge in [0.1, 0.15) is 17.8 Å². The topological polar surface area (TPSA) is 175 Å². The number of methoxy groups -OCH3 is 1. The molecule has 0 aromatic carbocycles. The number of hydrogen-bond acceptors (Lipinski definition) is 16. The van der Waals surface area contributed by atoms with E-state index in [1.54, 1.807) is 20.1 Å². The van der Waals surface area contributed by atoms with Gasteiger partial charge in [0.05, 0.1) is 72.2 Å². The van der Waals surface area contributed by atoms with Crippen molar-refractivity contribution < 1.29 is 66.6 Å². The molecule has 426 valence electrons. The van der Waals surface area contributed by atoms with Crippen molar-refractivity contribution in [1.82, 2.24) is 4.90 Å². The van der Waals surface area contributed by atoms with Crippen molar-refractivity contribution in [2.75, 3.05) is 27.8 Å². The summed E-state index contributed by atoms with van der Waals surface area (Å²) in [5.74, 6) is -4.51. The van der Waals surface area contributed by atoms with Crippen molar-refractivity contribution in [3.63, 3.8) is 0 Å². The standard InChI is InChI=1S/C55H104N2O14Si2/c1-23-30-62-53(12)32-35(5)44(56-71-55(68-34(3)4)28-26-25-27-29-55)37(7)47(58)54(13,60)42(24-2)65-50(59)39(9)45(66-43-33-52(11,61-16)49(40(10)64-43)70-73(20,21)22)38(8)48(53)67-51-46(69-72(17,18)19)41(57(14)15)31-36(6)63-51/h23,34-43,45-49,51,58,60H,1,24-33H2,2-22H3/b56-44+/t35-,36+,37-,38-,39+,40-,41-,42+,43-,45-,46+,47+,48+,49-,51-,52+,53+,54+/m0/s1. The molecule has 3 heterocycles. The van der Waals surface area contributed by atoms with Gasteiger partial charge in [0.2, 0.25) is 5.79 Å². The van der Waals surface area contributed by atoms with Crippen LogP contribution in [0.1, 0.15) is 141 Å². The summed E-state index contributed by atoms with van der Waals surface area (Å²) in [6.45, 7) is 40.2. The van der Waals surface area contributed by atoms with Crippen LogP contribution in [-0.4, -0.2) is 167 Å². The molecule has 4 aliphatic rings. The Bertz CT molecular complexity index is 1770. The van der Waals surface area contributed by atoms with Gasteiger partial charge in [-0.15, -0.1) is 6.58 Å². The molecule has 0 spiro atoms. The molecule has 0 aromatic heterocycles. The molecule has 4 rings (SSSR count). The molecule has 2 N–H and O–H groups in total. The first-order valence-electron chi connectivity index (χ1n) is 27.7. The van der Waals surface area contributed by atoms with E-state index in [0.29, 0.717) is 25.0 Å². The summed E-state index contributed by atoms with van der Waals surface area (Å²) in [6, 6.07) is -0.0539. The molecule has 16 nitrogen and oxygen atoms in total. The normalized spacial score (nSPS) is 41.4. The molecule has 4 fully saturated rings. The van der Waals surface area contributed by atoms with Gasteiger partial charge >= 0.3 is 5.97 Å². The summed E-state index contributed by atoms with van der Waals surface area (Å²) in [4.78, 5) is 23.9. The first-order chi connectivity index (χ1) is 33.7. The predicted molar refractivity (Wildman–Crippen MR) is 290 cm³/mol. The largest absolute Gasteiger partial charge is 0.459 e. The van der Waals surface area contributed by atoms with Crippen molar-refractivity contribution in [2.24, 2.45) is 28.8 Å². The van der Waals surface area contributed by atoms with Crippen molar-refractivity contribution in [1.29, 1.82) is 0 Å². The van der Waals surface area contributed by atoms with Gasteiger partial charge in [0.15, 0.2) is 29.2 Å². The molecule has 0 bridgehead atoms. The van der Waals surface area contributed by atoms with E-state index in [4.69, 9.17) is 56.7 Å². The van der Waals surface area contributed by atoms with E-state index in [1.165, 1.54) is 6.92 Å². The van der Waals surface area contributed by atoms with Crippen LogP contribution in [0.25, 0.3) is 0 Å². The van der Waals surface area contributed by atoms with Crippen LogP contribution in [-0.2, 0) is 56.4 Å². The van der Waals surface area contributed by atoms with E-state index in [9.17, 15) is 10.2 Å².